The highest BCUT2D eigenvalue weighted by Crippen LogP contribution is 2.27. The number of piperidine rings is 1. The van der Waals surface area contributed by atoms with Crippen LogP contribution in [0.2, 0.25) is 0 Å². The van der Waals surface area contributed by atoms with Crippen molar-refractivity contribution >= 4 is 17.7 Å². The molecule has 2 unspecified atom stereocenters. The van der Waals surface area contributed by atoms with Gasteiger partial charge < -0.3 is 25.6 Å². The second-order valence-corrected chi connectivity index (χ2v) is 10.5. The summed E-state index contributed by atoms with van der Waals surface area (Å²) in [6.45, 7) is 6.41. The van der Waals surface area contributed by atoms with Crippen molar-refractivity contribution in [1.82, 2.24) is 30.7 Å². The smallest absolute Gasteiger partial charge is 0.249 e. The van der Waals surface area contributed by atoms with Crippen LogP contribution < -0.4 is 16.0 Å². The first-order chi connectivity index (χ1) is 16.6. The molecule has 10 heteroatoms. The van der Waals surface area contributed by atoms with Gasteiger partial charge in [-0.15, -0.1) is 0 Å². The molecular formula is C24H40N6O4. The highest BCUT2D eigenvalue weighted by molar-refractivity contribution is 5.84. The Morgan fingerprint density at radius 1 is 1.09 bits per heavy atom. The quantitative estimate of drug-likeness (QED) is 0.463. The first-order valence-electron chi connectivity index (χ1n) is 13.3. The van der Waals surface area contributed by atoms with Crippen LogP contribution in [0.1, 0.15) is 51.4 Å². The molecular weight excluding hydrogens is 436 g/mol. The lowest BCUT2D eigenvalue weighted by molar-refractivity contribution is -0.134. The summed E-state index contributed by atoms with van der Waals surface area (Å²) < 4.78 is 5.50. The first-order valence-corrected chi connectivity index (χ1v) is 13.3. The molecule has 5 fully saturated rings. The van der Waals surface area contributed by atoms with E-state index in [1.807, 2.05) is 4.90 Å². The summed E-state index contributed by atoms with van der Waals surface area (Å²) in [6, 6.07) is -0.149. The lowest BCUT2D eigenvalue weighted by atomic mass is 10.0. The van der Waals surface area contributed by atoms with Gasteiger partial charge in [-0.3, -0.25) is 24.2 Å². The summed E-state index contributed by atoms with van der Waals surface area (Å²) in [4.78, 5) is 44.6. The van der Waals surface area contributed by atoms with E-state index >= 15 is 0 Å². The zero-order chi connectivity index (χ0) is 23.5. The number of hydrogen-bond acceptors (Lipinski definition) is 7. The molecule has 190 valence electrons. The van der Waals surface area contributed by atoms with Gasteiger partial charge >= 0.3 is 0 Å². The van der Waals surface area contributed by atoms with Crippen molar-refractivity contribution in [2.75, 3.05) is 52.4 Å². The molecule has 0 aromatic carbocycles. The maximum absolute atomic E-state index is 13.0. The van der Waals surface area contributed by atoms with Gasteiger partial charge in [0.15, 0.2) is 0 Å². The van der Waals surface area contributed by atoms with Gasteiger partial charge in [0.2, 0.25) is 17.7 Å². The Morgan fingerprint density at radius 3 is 2.68 bits per heavy atom. The molecule has 0 aliphatic carbocycles. The van der Waals surface area contributed by atoms with Crippen LogP contribution in [-0.2, 0) is 19.1 Å². The summed E-state index contributed by atoms with van der Waals surface area (Å²) in [7, 11) is 0. The molecule has 3 N–H and O–H groups in total. The zero-order valence-electron chi connectivity index (χ0n) is 20.2. The molecule has 34 heavy (non-hydrogen) atoms. The summed E-state index contributed by atoms with van der Waals surface area (Å²) >= 11 is 0. The van der Waals surface area contributed by atoms with E-state index in [1.165, 1.54) is 19.3 Å². The Balaban J connectivity index is 1.08. The normalized spacial score (nSPS) is 35.1. The number of piperazine rings is 2. The van der Waals surface area contributed by atoms with E-state index in [0.29, 0.717) is 38.7 Å². The SMILES string of the molecule is O=C(N[C@H]1C[C@H]2C(=O)NC[C@@H](CCC(=O)N3CCN(C4CCCCN4)CC3)N2C1)C1CCCO1. The summed E-state index contributed by atoms with van der Waals surface area (Å²) in [6.07, 6.45) is 7.39. The number of rotatable bonds is 6. The molecule has 0 aromatic heterocycles. The Labute approximate surface area is 202 Å². The van der Waals surface area contributed by atoms with E-state index in [1.54, 1.807) is 0 Å². The van der Waals surface area contributed by atoms with E-state index in [0.717, 1.165) is 52.0 Å². The van der Waals surface area contributed by atoms with Crippen molar-refractivity contribution in [3.8, 4) is 0 Å². The molecule has 0 bridgehead atoms. The highest BCUT2D eigenvalue weighted by atomic mass is 16.5. The highest BCUT2D eigenvalue weighted by Gasteiger charge is 2.44. The minimum Gasteiger partial charge on any atom is -0.368 e. The third kappa shape index (κ3) is 5.40. The van der Waals surface area contributed by atoms with Crippen molar-refractivity contribution in [3.63, 3.8) is 0 Å². The summed E-state index contributed by atoms with van der Waals surface area (Å²) in [5, 5.41) is 9.72. The Bertz CT molecular complexity index is 746. The van der Waals surface area contributed by atoms with Crippen LogP contribution in [0.25, 0.3) is 0 Å². The molecule has 0 aromatic rings. The zero-order valence-corrected chi connectivity index (χ0v) is 20.2. The van der Waals surface area contributed by atoms with Crippen LogP contribution in [0.3, 0.4) is 0 Å². The Hall–Kier alpha value is -1.75. The fourth-order valence-electron chi connectivity index (χ4n) is 6.30. The van der Waals surface area contributed by atoms with Gasteiger partial charge in [-0.1, -0.05) is 0 Å². The van der Waals surface area contributed by atoms with Crippen LogP contribution in [0.15, 0.2) is 0 Å². The number of carbonyl (C=O) groups excluding carboxylic acids is 3. The molecule has 10 nitrogen and oxygen atoms in total. The number of ether oxygens (including phenoxy) is 1. The number of nitrogens with one attached hydrogen (secondary N) is 3. The fraction of sp³-hybridized carbons (Fsp3) is 0.875. The standard InChI is InChI=1S/C24H40N6O4/c31-22(29-11-9-28(10-12-29)21-5-1-2-8-25-21)7-6-18-15-26-23(32)19-14-17(16-30(18)19)27-24(33)20-4-3-13-34-20/h17-21,25H,1-16H2,(H,26,32)(H,27,33)/t17-,18+,19-,20?,21?/m0/s1. The van der Waals surface area contributed by atoms with Crippen LogP contribution in [0, 0.1) is 0 Å². The third-order valence-corrected chi connectivity index (χ3v) is 8.27. The molecule has 5 saturated heterocycles. The number of nitrogens with zero attached hydrogens (tertiary/aromatic N) is 3. The topological polar surface area (TPSA) is 106 Å². The summed E-state index contributed by atoms with van der Waals surface area (Å²) in [5.41, 5.74) is 0. The second kappa shape index (κ2) is 10.9. The number of carbonyl (C=O) groups is 3. The van der Waals surface area contributed by atoms with Crippen molar-refractivity contribution in [2.24, 2.45) is 0 Å². The number of hydrogen-bond donors (Lipinski definition) is 3. The van der Waals surface area contributed by atoms with Gasteiger partial charge in [0, 0.05) is 64.4 Å². The average Bonchev–Trinajstić information content (AvgIpc) is 3.55. The largest absolute Gasteiger partial charge is 0.368 e. The molecule has 5 aliphatic rings. The number of fused-ring (bicyclic) bond motifs is 1. The average molecular weight is 477 g/mol. The molecule has 5 atom stereocenters. The van der Waals surface area contributed by atoms with Crippen LogP contribution in [0.5, 0.6) is 0 Å². The number of amides is 3. The van der Waals surface area contributed by atoms with E-state index in [2.05, 4.69) is 25.8 Å². The van der Waals surface area contributed by atoms with E-state index < -0.39 is 0 Å². The van der Waals surface area contributed by atoms with Crippen LogP contribution >= 0.6 is 0 Å². The van der Waals surface area contributed by atoms with Crippen LogP contribution in [0.4, 0.5) is 0 Å². The predicted molar refractivity (Wildman–Crippen MR) is 126 cm³/mol. The lowest BCUT2D eigenvalue weighted by Crippen LogP contribution is -2.58. The lowest BCUT2D eigenvalue weighted by Gasteiger charge is -2.41. The van der Waals surface area contributed by atoms with Crippen molar-refractivity contribution in [1.29, 1.82) is 0 Å². The monoisotopic (exact) mass is 476 g/mol. The maximum atomic E-state index is 13.0. The van der Waals surface area contributed by atoms with Gasteiger partial charge in [-0.05, 0) is 51.5 Å². The molecule has 0 spiro atoms. The Kier molecular flexibility index (Phi) is 7.67. The third-order valence-electron chi connectivity index (χ3n) is 8.27. The van der Waals surface area contributed by atoms with Gasteiger partial charge in [-0.2, -0.15) is 0 Å². The fourth-order valence-corrected chi connectivity index (χ4v) is 6.30. The minimum atomic E-state index is -0.353. The minimum absolute atomic E-state index is 0.0314. The Morgan fingerprint density at radius 2 is 1.94 bits per heavy atom. The van der Waals surface area contributed by atoms with Gasteiger partial charge in [0.05, 0.1) is 12.2 Å². The molecule has 5 heterocycles. The van der Waals surface area contributed by atoms with Crippen molar-refractivity contribution in [3.05, 3.63) is 0 Å². The van der Waals surface area contributed by atoms with Crippen LogP contribution in [-0.4, -0.2) is 115 Å². The van der Waals surface area contributed by atoms with Gasteiger partial charge in [0.1, 0.15) is 6.10 Å². The van der Waals surface area contributed by atoms with E-state index in [-0.39, 0.29) is 42.0 Å². The maximum Gasteiger partial charge on any atom is 0.249 e. The van der Waals surface area contributed by atoms with Gasteiger partial charge in [0.25, 0.3) is 0 Å². The molecule has 5 rings (SSSR count). The first kappa shape index (κ1) is 24.0. The molecule has 5 aliphatic heterocycles. The van der Waals surface area contributed by atoms with E-state index in [4.69, 9.17) is 4.74 Å². The predicted octanol–water partition coefficient (Wildman–Crippen LogP) is -0.753. The van der Waals surface area contributed by atoms with Gasteiger partial charge in [-0.25, -0.2) is 0 Å². The molecule has 0 saturated carbocycles. The molecule has 0 radical (unpaired) electrons. The molecule has 3 amide bonds. The second-order valence-electron chi connectivity index (χ2n) is 10.5. The van der Waals surface area contributed by atoms with E-state index in [9.17, 15) is 14.4 Å². The van der Waals surface area contributed by atoms with Crippen molar-refractivity contribution < 1.29 is 19.1 Å². The van der Waals surface area contributed by atoms with Crippen molar-refractivity contribution in [2.45, 2.75) is 81.8 Å². The summed E-state index contributed by atoms with van der Waals surface area (Å²) in [5.74, 6) is 0.188.